The molecule has 8 nitrogen and oxygen atoms in total. The molecular weight excluding hydrogens is 292 g/mol. The zero-order valence-corrected chi connectivity index (χ0v) is 11.8. The summed E-state index contributed by atoms with van der Waals surface area (Å²) in [4.78, 5) is 25.6. The van der Waals surface area contributed by atoms with Crippen LogP contribution >= 0.6 is 0 Å². The summed E-state index contributed by atoms with van der Waals surface area (Å²) in [5.41, 5.74) is 0.356. The van der Waals surface area contributed by atoms with Gasteiger partial charge in [-0.05, 0) is 13.0 Å². The van der Waals surface area contributed by atoms with Gasteiger partial charge in [-0.1, -0.05) is 6.07 Å². The van der Waals surface area contributed by atoms with Crippen LogP contribution in [0.3, 0.4) is 0 Å². The number of benzene rings is 1. The number of non-ortho nitro benzene ring substituents is 1. The number of nitro benzene ring substituents is 1. The molecule has 0 fully saturated rings. The Bertz CT molecular complexity index is 681. The Hall–Kier alpha value is -2.74. The predicted molar refractivity (Wildman–Crippen MR) is 74.9 cm³/mol. The van der Waals surface area contributed by atoms with Gasteiger partial charge in [0, 0.05) is 24.1 Å². The number of carbonyl (C=O) groups is 1. The highest BCUT2D eigenvalue weighted by molar-refractivity contribution is 5.74. The molecule has 2 aromatic rings. The molecule has 0 radical (unpaired) electrons. The van der Waals surface area contributed by atoms with E-state index in [9.17, 15) is 20.0 Å². The SMILES string of the molecule is CCOC(=O)C(O)Cc1cnc(-c2cccc([N+](=O)[O-])c2)o1. The van der Waals surface area contributed by atoms with Crippen LogP contribution in [0.15, 0.2) is 34.9 Å². The van der Waals surface area contributed by atoms with Crippen molar-refractivity contribution in [3.63, 3.8) is 0 Å². The van der Waals surface area contributed by atoms with E-state index >= 15 is 0 Å². The molecule has 0 aliphatic rings. The highest BCUT2D eigenvalue weighted by Crippen LogP contribution is 2.24. The fourth-order valence-electron chi connectivity index (χ4n) is 1.80. The lowest BCUT2D eigenvalue weighted by atomic mass is 10.2. The second-order valence-corrected chi connectivity index (χ2v) is 4.41. The van der Waals surface area contributed by atoms with Crippen LogP contribution in [-0.2, 0) is 16.0 Å². The lowest BCUT2D eigenvalue weighted by Gasteiger charge is -2.06. The standard InChI is InChI=1S/C14H14N2O6/c1-2-21-14(18)12(17)7-11-8-15-13(22-11)9-4-3-5-10(6-9)16(19)20/h3-6,8,12,17H,2,7H2,1H3. The summed E-state index contributed by atoms with van der Waals surface area (Å²) in [7, 11) is 0. The van der Waals surface area contributed by atoms with Crippen molar-refractivity contribution >= 4 is 11.7 Å². The number of esters is 1. The van der Waals surface area contributed by atoms with Gasteiger partial charge >= 0.3 is 5.97 Å². The van der Waals surface area contributed by atoms with Crippen molar-refractivity contribution < 1.29 is 24.0 Å². The molecule has 116 valence electrons. The van der Waals surface area contributed by atoms with E-state index in [1.54, 1.807) is 13.0 Å². The first kappa shape index (κ1) is 15.6. The van der Waals surface area contributed by atoms with Gasteiger partial charge in [-0.15, -0.1) is 0 Å². The molecule has 1 aromatic carbocycles. The molecule has 0 bridgehead atoms. The van der Waals surface area contributed by atoms with Crippen molar-refractivity contribution in [3.8, 4) is 11.5 Å². The Balaban J connectivity index is 2.13. The van der Waals surface area contributed by atoms with Crippen molar-refractivity contribution in [2.24, 2.45) is 0 Å². The first-order valence-electron chi connectivity index (χ1n) is 6.55. The molecule has 1 unspecified atom stereocenters. The second kappa shape index (κ2) is 6.81. The van der Waals surface area contributed by atoms with Crippen molar-refractivity contribution in [3.05, 3.63) is 46.3 Å². The van der Waals surface area contributed by atoms with Gasteiger partial charge in [0.05, 0.1) is 17.7 Å². The fraction of sp³-hybridized carbons (Fsp3) is 0.286. The third-order valence-electron chi connectivity index (χ3n) is 2.81. The number of hydrogen-bond donors (Lipinski definition) is 1. The smallest absolute Gasteiger partial charge is 0.335 e. The number of aliphatic hydroxyl groups is 1. The summed E-state index contributed by atoms with van der Waals surface area (Å²) in [6.45, 7) is 1.81. The molecule has 0 aliphatic heterocycles. The van der Waals surface area contributed by atoms with Gasteiger partial charge < -0.3 is 14.3 Å². The minimum atomic E-state index is -1.34. The van der Waals surface area contributed by atoms with Crippen molar-refractivity contribution in [1.29, 1.82) is 0 Å². The molecule has 1 heterocycles. The molecule has 8 heteroatoms. The Morgan fingerprint density at radius 2 is 2.32 bits per heavy atom. The van der Waals surface area contributed by atoms with Crippen LogP contribution in [0.5, 0.6) is 0 Å². The van der Waals surface area contributed by atoms with Crippen LogP contribution in [-0.4, -0.2) is 33.7 Å². The molecule has 22 heavy (non-hydrogen) atoms. The highest BCUT2D eigenvalue weighted by atomic mass is 16.6. The zero-order chi connectivity index (χ0) is 16.1. The van der Waals surface area contributed by atoms with E-state index < -0.39 is 17.0 Å². The number of carbonyl (C=O) groups excluding carboxylic acids is 1. The Morgan fingerprint density at radius 3 is 3.00 bits per heavy atom. The van der Waals surface area contributed by atoms with Crippen LogP contribution in [0.25, 0.3) is 11.5 Å². The summed E-state index contributed by atoms with van der Waals surface area (Å²) >= 11 is 0. The van der Waals surface area contributed by atoms with Gasteiger partial charge in [0.25, 0.3) is 5.69 Å². The average molecular weight is 306 g/mol. The van der Waals surface area contributed by atoms with Gasteiger partial charge in [0.1, 0.15) is 5.76 Å². The lowest BCUT2D eigenvalue weighted by molar-refractivity contribution is -0.384. The molecular formula is C14H14N2O6. The van der Waals surface area contributed by atoms with E-state index in [4.69, 9.17) is 4.42 Å². The number of nitro groups is 1. The van der Waals surface area contributed by atoms with E-state index in [2.05, 4.69) is 9.72 Å². The molecule has 1 atom stereocenters. The molecule has 0 saturated carbocycles. The minimum Gasteiger partial charge on any atom is -0.464 e. The Morgan fingerprint density at radius 1 is 1.55 bits per heavy atom. The molecule has 1 N–H and O–H groups in total. The topological polar surface area (TPSA) is 116 Å². The van der Waals surface area contributed by atoms with Gasteiger partial charge in [-0.25, -0.2) is 9.78 Å². The maximum absolute atomic E-state index is 11.3. The van der Waals surface area contributed by atoms with Crippen molar-refractivity contribution in [1.82, 2.24) is 4.98 Å². The third kappa shape index (κ3) is 3.67. The number of rotatable bonds is 6. The fourth-order valence-corrected chi connectivity index (χ4v) is 1.80. The number of aromatic nitrogens is 1. The molecule has 0 spiro atoms. The molecule has 0 amide bonds. The highest BCUT2D eigenvalue weighted by Gasteiger charge is 2.19. The summed E-state index contributed by atoms with van der Waals surface area (Å²) in [5, 5.41) is 20.4. The quantitative estimate of drug-likeness (QED) is 0.490. The third-order valence-corrected chi connectivity index (χ3v) is 2.81. The Labute approximate surface area is 125 Å². The van der Waals surface area contributed by atoms with Crippen LogP contribution < -0.4 is 0 Å². The van der Waals surface area contributed by atoms with Crippen molar-refractivity contribution in [2.75, 3.05) is 6.61 Å². The van der Waals surface area contributed by atoms with Gasteiger partial charge in [0.15, 0.2) is 6.10 Å². The van der Waals surface area contributed by atoms with Crippen LogP contribution in [0.2, 0.25) is 0 Å². The summed E-state index contributed by atoms with van der Waals surface area (Å²) in [6.07, 6.45) is -0.0666. The van der Waals surface area contributed by atoms with Crippen LogP contribution in [0.1, 0.15) is 12.7 Å². The minimum absolute atomic E-state index is 0.0798. The first-order chi connectivity index (χ1) is 10.5. The van der Waals surface area contributed by atoms with Gasteiger partial charge in [-0.2, -0.15) is 0 Å². The van der Waals surface area contributed by atoms with Gasteiger partial charge in [-0.3, -0.25) is 10.1 Å². The van der Waals surface area contributed by atoms with Crippen LogP contribution in [0, 0.1) is 10.1 Å². The van der Waals surface area contributed by atoms with Crippen LogP contribution in [0.4, 0.5) is 5.69 Å². The van der Waals surface area contributed by atoms with E-state index in [1.807, 2.05) is 0 Å². The van der Waals surface area contributed by atoms with Crippen molar-refractivity contribution in [2.45, 2.75) is 19.4 Å². The van der Waals surface area contributed by atoms with E-state index in [0.717, 1.165) is 0 Å². The number of hydrogen-bond acceptors (Lipinski definition) is 7. The number of ether oxygens (including phenoxy) is 1. The first-order valence-corrected chi connectivity index (χ1v) is 6.55. The van der Waals surface area contributed by atoms with Gasteiger partial charge in [0.2, 0.25) is 5.89 Å². The summed E-state index contributed by atoms with van der Waals surface area (Å²) in [5.74, 6) is -0.285. The second-order valence-electron chi connectivity index (χ2n) is 4.41. The molecule has 0 aliphatic carbocycles. The monoisotopic (exact) mass is 306 g/mol. The van der Waals surface area contributed by atoms with E-state index in [-0.39, 0.29) is 30.4 Å². The normalized spacial score (nSPS) is 11.9. The number of nitrogens with zero attached hydrogens (tertiary/aromatic N) is 2. The van der Waals surface area contributed by atoms with E-state index in [1.165, 1.54) is 24.4 Å². The largest absolute Gasteiger partial charge is 0.464 e. The molecule has 0 saturated heterocycles. The summed E-state index contributed by atoms with van der Waals surface area (Å²) < 4.78 is 10.1. The molecule has 2 rings (SSSR count). The lowest BCUT2D eigenvalue weighted by Crippen LogP contribution is -2.25. The predicted octanol–water partition coefficient (Wildman–Crippen LogP) is 1.72. The maximum atomic E-state index is 11.3. The molecule has 1 aromatic heterocycles. The maximum Gasteiger partial charge on any atom is 0.335 e. The summed E-state index contributed by atoms with van der Waals surface area (Å²) in [6, 6.07) is 5.82. The van der Waals surface area contributed by atoms with E-state index in [0.29, 0.717) is 5.56 Å². The number of oxazole rings is 1. The number of aliphatic hydroxyl groups excluding tert-OH is 1. The average Bonchev–Trinajstić information content (AvgIpc) is 2.96. The Kier molecular flexibility index (Phi) is 4.84. The zero-order valence-electron chi connectivity index (χ0n) is 11.8.